The van der Waals surface area contributed by atoms with Crippen molar-refractivity contribution in [3.05, 3.63) is 121 Å². The van der Waals surface area contributed by atoms with Gasteiger partial charge in [0.2, 0.25) is 0 Å². The van der Waals surface area contributed by atoms with Gasteiger partial charge in [0.15, 0.2) is 17.2 Å². The Morgan fingerprint density at radius 1 is 0.755 bits per heavy atom. The van der Waals surface area contributed by atoms with Crippen LogP contribution in [-0.4, -0.2) is 41.3 Å². The molecule has 0 bridgehead atoms. The maximum Gasteiger partial charge on any atom is 0.296 e. The first-order chi connectivity index (χ1) is 22.7. The van der Waals surface area contributed by atoms with Crippen molar-refractivity contribution in [1.29, 1.82) is 0 Å². The number of hydrogen-bond acceptors (Lipinski definition) is 7. The molecule has 0 saturated heterocycles. The summed E-state index contributed by atoms with van der Waals surface area (Å²) >= 11 is 23.7. The highest BCUT2D eigenvalue weighted by molar-refractivity contribution is 6.56. The van der Waals surface area contributed by atoms with Crippen molar-refractivity contribution in [2.75, 3.05) is 23.0 Å². The minimum absolute atomic E-state index is 0. The number of Topliss-reactive ketones (excluding diaryl/α,β-unsaturated/α-hetero) is 3. The third-order valence-electron chi connectivity index (χ3n) is 7.59. The van der Waals surface area contributed by atoms with E-state index in [2.05, 4.69) is 16.0 Å². The highest BCUT2D eigenvalue weighted by Crippen LogP contribution is 2.46. The zero-order valence-electron chi connectivity index (χ0n) is 25.8. The minimum Gasteiger partial charge on any atom is -0.388 e. The number of halogens is 4. The van der Waals surface area contributed by atoms with E-state index in [1.807, 2.05) is 50.4 Å². The molecule has 2 amide bonds. The maximum absolute atomic E-state index is 12.5. The van der Waals surface area contributed by atoms with Crippen LogP contribution in [0.4, 0.5) is 17.1 Å². The van der Waals surface area contributed by atoms with E-state index in [0.717, 1.165) is 23.2 Å². The number of benzene rings is 4. The molecule has 0 spiro atoms. The molecular formula is C36H33Cl4N3O6. The van der Waals surface area contributed by atoms with E-state index in [0.29, 0.717) is 16.3 Å². The number of aryl methyl sites for hydroxylation is 1. The summed E-state index contributed by atoms with van der Waals surface area (Å²) < 4.78 is 0. The van der Waals surface area contributed by atoms with Crippen LogP contribution >= 0.6 is 46.4 Å². The number of anilines is 3. The molecule has 0 aromatic heterocycles. The standard InChI is InChI=1S/C18H15Cl2NO3.C9H11NO.C8H3Cl2NO2.CH4/c1-2-10-3-5-11(6-4-10)14(22)9-18(24)15-12(19)7-8-13(20)16(15)21-17(18)23;1-7(11)8-3-5-9(10-2)6-4-8;9-3-1-2-4(10)6-5(3)7(12)8(13)11-6;/h3-8,24H,2,9H2,1H3,(H,21,23);3-6,10H,1-2H3;1-2H,(H,11,12,13);1H4. The molecule has 0 fully saturated rings. The number of ketones is 3. The lowest BCUT2D eigenvalue weighted by Gasteiger charge is -2.21. The predicted octanol–water partition coefficient (Wildman–Crippen LogP) is 8.66. The van der Waals surface area contributed by atoms with Crippen LogP contribution in [0.3, 0.4) is 0 Å². The van der Waals surface area contributed by atoms with Gasteiger partial charge in [0, 0.05) is 34.4 Å². The molecule has 1 unspecified atom stereocenters. The second-order valence-corrected chi connectivity index (χ2v) is 12.3. The molecule has 0 radical (unpaired) electrons. The van der Waals surface area contributed by atoms with Crippen molar-refractivity contribution in [2.45, 2.75) is 39.7 Å². The first kappa shape index (κ1) is 39.2. The Morgan fingerprint density at radius 2 is 1.29 bits per heavy atom. The lowest BCUT2D eigenvalue weighted by atomic mass is 9.88. The second-order valence-electron chi connectivity index (χ2n) is 10.7. The van der Waals surface area contributed by atoms with Crippen molar-refractivity contribution in [3.63, 3.8) is 0 Å². The van der Waals surface area contributed by atoms with Gasteiger partial charge in [-0.2, -0.15) is 0 Å². The zero-order valence-corrected chi connectivity index (χ0v) is 28.9. The summed E-state index contributed by atoms with van der Waals surface area (Å²) in [6.45, 7) is 3.58. The first-order valence-electron chi connectivity index (χ1n) is 14.5. The van der Waals surface area contributed by atoms with E-state index in [-0.39, 0.29) is 50.9 Å². The number of nitrogens with one attached hydrogen (secondary N) is 3. The van der Waals surface area contributed by atoms with Gasteiger partial charge in [-0.3, -0.25) is 24.0 Å². The van der Waals surface area contributed by atoms with E-state index in [4.69, 9.17) is 46.4 Å². The van der Waals surface area contributed by atoms with Gasteiger partial charge < -0.3 is 21.1 Å². The molecule has 0 aliphatic carbocycles. The summed E-state index contributed by atoms with van der Waals surface area (Å²) in [5.41, 5.74) is 2.16. The van der Waals surface area contributed by atoms with Gasteiger partial charge in [-0.25, -0.2) is 0 Å². The van der Waals surface area contributed by atoms with Gasteiger partial charge >= 0.3 is 0 Å². The van der Waals surface area contributed by atoms with Crippen molar-refractivity contribution in [3.8, 4) is 0 Å². The van der Waals surface area contributed by atoms with Crippen LogP contribution in [0.15, 0.2) is 72.8 Å². The third kappa shape index (κ3) is 8.49. The van der Waals surface area contributed by atoms with Gasteiger partial charge in [-0.05, 0) is 67.4 Å². The van der Waals surface area contributed by atoms with E-state index >= 15 is 0 Å². The van der Waals surface area contributed by atoms with Gasteiger partial charge in [0.05, 0.1) is 38.4 Å². The molecule has 2 heterocycles. The molecule has 49 heavy (non-hydrogen) atoms. The van der Waals surface area contributed by atoms with Crippen LogP contribution in [0.25, 0.3) is 0 Å². The number of amides is 2. The molecular weight excluding hydrogens is 712 g/mol. The SMILES string of the molecule is C.CCc1ccc(C(=O)CC2(O)C(=O)Nc3c(Cl)ccc(Cl)c32)cc1.CNc1ccc(C(C)=O)cc1.O=C1Nc2c(Cl)ccc(Cl)c2C1=O. The summed E-state index contributed by atoms with van der Waals surface area (Å²) in [6.07, 6.45) is 0.458. The van der Waals surface area contributed by atoms with Crippen molar-refractivity contribution in [2.24, 2.45) is 0 Å². The van der Waals surface area contributed by atoms with Gasteiger partial charge in [-0.1, -0.05) is 85.0 Å². The number of carbonyl (C=O) groups excluding carboxylic acids is 5. The second kappa shape index (κ2) is 16.4. The maximum atomic E-state index is 12.5. The Balaban J connectivity index is 0.000000219. The van der Waals surface area contributed by atoms with E-state index < -0.39 is 29.6 Å². The molecule has 4 N–H and O–H groups in total. The number of hydrogen-bond donors (Lipinski definition) is 4. The van der Waals surface area contributed by atoms with Crippen molar-refractivity contribution < 1.29 is 29.1 Å². The predicted molar refractivity (Wildman–Crippen MR) is 196 cm³/mol. The number of carbonyl (C=O) groups is 5. The monoisotopic (exact) mass is 743 g/mol. The van der Waals surface area contributed by atoms with Crippen molar-refractivity contribution in [1.82, 2.24) is 0 Å². The van der Waals surface area contributed by atoms with E-state index in [9.17, 15) is 29.1 Å². The Kier molecular flexibility index (Phi) is 13.1. The molecule has 9 nitrogen and oxygen atoms in total. The fourth-order valence-corrected chi connectivity index (χ4v) is 5.86. The smallest absolute Gasteiger partial charge is 0.296 e. The van der Waals surface area contributed by atoms with Crippen LogP contribution in [0.1, 0.15) is 69.9 Å². The highest BCUT2D eigenvalue weighted by atomic mass is 35.5. The van der Waals surface area contributed by atoms with E-state index in [1.54, 1.807) is 19.1 Å². The fraction of sp³-hybridized carbons (Fsp3) is 0.194. The Labute approximate surface area is 303 Å². The minimum atomic E-state index is -2.03. The lowest BCUT2D eigenvalue weighted by Crippen LogP contribution is -2.36. The third-order valence-corrected chi connectivity index (χ3v) is 8.85. The molecule has 2 aliphatic rings. The Hall–Kier alpha value is -4.25. The zero-order chi connectivity index (χ0) is 35.3. The summed E-state index contributed by atoms with van der Waals surface area (Å²) in [7, 11) is 1.85. The summed E-state index contributed by atoms with van der Waals surface area (Å²) in [4.78, 5) is 57.8. The molecule has 13 heteroatoms. The van der Waals surface area contributed by atoms with Crippen LogP contribution in [-0.2, 0) is 21.6 Å². The Morgan fingerprint density at radius 3 is 1.82 bits per heavy atom. The number of aliphatic hydroxyl groups is 1. The fourth-order valence-electron chi connectivity index (χ4n) is 4.89. The summed E-state index contributed by atoms with van der Waals surface area (Å²) in [5.74, 6) is -2.27. The van der Waals surface area contributed by atoms with Gasteiger partial charge in [0.25, 0.3) is 17.6 Å². The summed E-state index contributed by atoms with van der Waals surface area (Å²) in [5, 5.41) is 19.7. The first-order valence-corrected chi connectivity index (χ1v) is 16.0. The average molecular weight is 745 g/mol. The van der Waals surface area contributed by atoms with Gasteiger partial charge in [0.1, 0.15) is 0 Å². The molecule has 1 atom stereocenters. The number of rotatable bonds is 6. The number of fused-ring (bicyclic) bond motifs is 2. The quantitative estimate of drug-likeness (QED) is 0.114. The molecule has 0 saturated carbocycles. The van der Waals surface area contributed by atoms with E-state index in [1.165, 1.54) is 24.3 Å². The normalized spacial score (nSPS) is 15.2. The molecule has 256 valence electrons. The highest BCUT2D eigenvalue weighted by Gasteiger charge is 2.49. The van der Waals surface area contributed by atoms with Crippen LogP contribution in [0.2, 0.25) is 20.1 Å². The van der Waals surface area contributed by atoms with Crippen LogP contribution in [0.5, 0.6) is 0 Å². The summed E-state index contributed by atoms with van der Waals surface area (Å²) in [6, 6.07) is 20.5. The topological polar surface area (TPSA) is 142 Å². The molecule has 4 aromatic rings. The van der Waals surface area contributed by atoms with Crippen LogP contribution in [0, 0.1) is 0 Å². The van der Waals surface area contributed by atoms with Crippen LogP contribution < -0.4 is 16.0 Å². The molecule has 2 aliphatic heterocycles. The van der Waals surface area contributed by atoms with Crippen molar-refractivity contribution >= 4 is 92.6 Å². The molecule has 6 rings (SSSR count). The Bertz CT molecular complexity index is 1930. The molecule has 4 aromatic carbocycles. The average Bonchev–Trinajstić information content (AvgIpc) is 3.53. The lowest BCUT2D eigenvalue weighted by molar-refractivity contribution is -0.133. The van der Waals surface area contributed by atoms with Gasteiger partial charge in [-0.15, -0.1) is 0 Å². The largest absolute Gasteiger partial charge is 0.388 e.